The quantitative estimate of drug-likeness (QED) is 0.790. The van der Waals surface area contributed by atoms with Crippen LogP contribution in [0.1, 0.15) is 37.3 Å². The van der Waals surface area contributed by atoms with Gasteiger partial charge in [-0.1, -0.05) is 0 Å². The molecule has 0 aliphatic carbocycles. The summed E-state index contributed by atoms with van der Waals surface area (Å²) in [5, 5.41) is 14.4. The van der Waals surface area contributed by atoms with E-state index in [0.29, 0.717) is 18.8 Å². The van der Waals surface area contributed by atoms with E-state index in [1.807, 2.05) is 13.8 Å². The smallest absolute Gasteiger partial charge is 0.272 e. The van der Waals surface area contributed by atoms with E-state index in [1.165, 1.54) is 4.88 Å². The van der Waals surface area contributed by atoms with Crippen LogP contribution in [-0.2, 0) is 19.4 Å². The number of rotatable bonds is 4. The molecule has 1 aliphatic rings. The van der Waals surface area contributed by atoms with E-state index in [1.54, 1.807) is 11.3 Å². The molecule has 0 spiro atoms. The van der Waals surface area contributed by atoms with Crippen LogP contribution in [0.5, 0.6) is 0 Å². The van der Waals surface area contributed by atoms with E-state index < -0.39 is 0 Å². The van der Waals surface area contributed by atoms with Crippen molar-refractivity contribution in [3.05, 3.63) is 32.5 Å². The van der Waals surface area contributed by atoms with Gasteiger partial charge in [0.25, 0.3) is 5.91 Å². The summed E-state index contributed by atoms with van der Waals surface area (Å²) >= 11 is 1.69. The predicted molar refractivity (Wildman–Crippen MR) is 81.6 cm³/mol. The van der Waals surface area contributed by atoms with Crippen LogP contribution in [0.4, 0.5) is 0 Å². The molecule has 7 heteroatoms. The van der Waals surface area contributed by atoms with E-state index >= 15 is 0 Å². The van der Waals surface area contributed by atoms with Crippen LogP contribution in [0.15, 0.2) is 0 Å². The zero-order valence-corrected chi connectivity index (χ0v) is 13.1. The molecule has 2 aromatic rings. The second-order valence-corrected chi connectivity index (χ2v) is 6.49. The molecule has 6 nitrogen and oxygen atoms in total. The number of aromatic nitrogens is 3. The van der Waals surface area contributed by atoms with E-state index in [2.05, 4.69) is 25.8 Å². The maximum Gasteiger partial charge on any atom is 0.272 e. The fraction of sp³-hybridized carbons (Fsp3) is 0.500. The molecular weight excluding hydrogens is 286 g/mol. The molecule has 3 heterocycles. The monoisotopic (exact) mass is 305 g/mol. The zero-order valence-electron chi connectivity index (χ0n) is 12.2. The second-order valence-electron chi connectivity index (χ2n) is 5.20. The average Bonchev–Trinajstić information content (AvgIpc) is 3.02. The lowest BCUT2D eigenvalue weighted by atomic mass is 10.1. The van der Waals surface area contributed by atoms with Crippen molar-refractivity contribution < 1.29 is 4.79 Å². The van der Waals surface area contributed by atoms with E-state index in [0.717, 1.165) is 41.3 Å². The standard InChI is InChI=1S/C14H19N5OS/c1-8-12(21-9(2)17-8)4-6-16-14(20)13-10-7-15-5-3-11(10)18-19-13/h15H,3-7H2,1-2H3,(H,16,20)(H,18,19). The molecule has 1 amide bonds. The molecule has 1 aliphatic heterocycles. The third-order valence-corrected chi connectivity index (χ3v) is 4.79. The molecule has 0 bridgehead atoms. The first-order chi connectivity index (χ1) is 10.1. The van der Waals surface area contributed by atoms with Gasteiger partial charge >= 0.3 is 0 Å². The largest absolute Gasteiger partial charge is 0.350 e. The van der Waals surface area contributed by atoms with Crippen LogP contribution in [0.2, 0.25) is 0 Å². The highest BCUT2D eigenvalue weighted by atomic mass is 32.1. The summed E-state index contributed by atoms with van der Waals surface area (Å²) in [5.74, 6) is -0.102. The summed E-state index contributed by atoms with van der Waals surface area (Å²) in [7, 11) is 0. The number of carbonyl (C=O) groups is 1. The van der Waals surface area contributed by atoms with Gasteiger partial charge < -0.3 is 10.6 Å². The Balaban J connectivity index is 1.59. The Morgan fingerprint density at radius 3 is 3.05 bits per heavy atom. The summed E-state index contributed by atoms with van der Waals surface area (Å²) in [4.78, 5) is 17.9. The Morgan fingerprint density at radius 2 is 2.29 bits per heavy atom. The number of nitrogens with one attached hydrogen (secondary N) is 3. The minimum atomic E-state index is -0.102. The minimum absolute atomic E-state index is 0.102. The van der Waals surface area contributed by atoms with Gasteiger partial charge in [0.2, 0.25) is 0 Å². The number of carbonyl (C=O) groups excluding carboxylic acids is 1. The van der Waals surface area contributed by atoms with E-state index in [4.69, 9.17) is 0 Å². The molecule has 2 aromatic heterocycles. The maximum atomic E-state index is 12.2. The molecule has 112 valence electrons. The van der Waals surface area contributed by atoms with Gasteiger partial charge in [0.1, 0.15) is 0 Å². The average molecular weight is 305 g/mol. The van der Waals surface area contributed by atoms with E-state index in [9.17, 15) is 4.79 Å². The highest BCUT2D eigenvalue weighted by Gasteiger charge is 2.21. The number of fused-ring (bicyclic) bond motifs is 1. The lowest BCUT2D eigenvalue weighted by molar-refractivity contribution is 0.0948. The van der Waals surface area contributed by atoms with E-state index in [-0.39, 0.29) is 5.91 Å². The topological polar surface area (TPSA) is 82.7 Å². The molecule has 0 radical (unpaired) electrons. The van der Waals surface area contributed by atoms with Crippen LogP contribution in [0.25, 0.3) is 0 Å². The number of thiazole rings is 1. The van der Waals surface area contributed by atoms with Gasteiger partial charge in [-0.3, -0.25) is 9.89 Å². The van der Waals surface area contributed by atoms with Gasteiger partial charge in [0.05, 0.1) is 10.7 Å². The highest BCUT2D eigenvalue weighted by molar-refractivity contribution is 7.11. The van der Waals surface area contributed by atoms with Crippen molar-refractivity contribution in [2.45, 2.75) is 33.2 Å². The lowest BCUT2D eigenvalue weighted by Crippen LogP contribution is -2.29. The minimum Gasteiger partial charge on any atom is -0.350 e. The Labute approximate surface area is 127 Å². The zero-order chi connectivity index (χ0) is 14.8. The Kier molecular flexibility index (Phi) is 4.03. The number of aromatic amines is 1. The lowest BCUT2D eigenvalue weighted by Gasteiger charge is -2.12. The van der Waals surface area contributed by atoms with Gasteiger partial charge in [-0.25, -0.2) is 4.98 Å². The first-order valence-corrected chi connectivity index (χ1v) is 7.94. The summed E-state index contributed by atoms with van der Waals surface area (Å²) in [6.45, 7) is 6.26. The fourth-order valence-corrected chi connectivity index (χ4v) is 3.53. The molecule has 0 unspecified atom stereocenters. The van der Waals surface area contributed by atoms with Gasteiger partial charge in [-0.15, -0.1) is 11.3 Å². The van der Waals surface area contributed by atoms with Gasteiger partial charge in [-0.05, 0) is 13.8 Å². The number of nitrogens with zero attached hydrogens (tertiary/aromatic N) is 2. The summed E-state index contributed by atoms with van der Waals surface area (Å²) < 4.78 is 0. The molecule has 21 heavy (non-hydrogen) atoms. The Morgan fingerprint density at radius 1 is 1.43 bits per heavy atom. The van der Waals surface area contributed by atoms with Crippen LogP contribution in [0, 0.1) is 13.8 Å². The second kappa shape index (κ2) is 5.95. The van der Waals surface area contributed by atoms with Gasteiger partial charge in [-0.2, -0.15) is 5.10 Å². The molecule has 0 saturated carbocycles. The van der Waals surface area contributed by atoms with Crippen molar-refractivity contribution in [3.63, 3.8) is 0 Å². The predicted octanol–water partition coefficient (Wildman–Crippen LogP) is 1.10. The van der Waals surface area contributed by atoms with Crippen molar-refractivity contribution in [3.8, 4) is 0 Å². The Hall–Kier alpha value is -1.73. The molecule has 3 rings (SSSR count). The first kappa shape index (κ1) is 14.2. The number of aryl methyl sites for hydroxylation is 2. The number of hydrogen-bond donors (Lipinski definition) is 3. The molecule has 3 N–H and O–H groups in total. The summed E-state index contributed by atoms with van der Waals surface area (Å²) in [6, 6.07) is 0. The SMILES string of the molecule is Cc1nc(C)c(CCNC(=O)c2n[nH]c3c2CNCC3)s1. The first-order valence-electron chi connectivity index (χ1n) is 7.13. The molecule has 0 fully saturated rings. The molecular formula is C14H19N5OS. The highest BCUT2D eigenvalue weighted by Crippen LogP contribution is 2.18. The van der Waals surface area contributed by atoms with Crippen LogP contribution in [-0.4, -0.2) is 34.2 Å². The van der Waals surface area contributed by atoms with Crippen molar-refractivity contribution in [2.75, 3.05) is 13.1 Å². The van der Waals surface area contributed by atoms with Crippen molar-refractivity contribution in [2.24, 2.45) is 0 Å². The third-order valence-electron chi connectivity index (χ3n) is 3.66. The van der Waals surface area contributed by atoms with Crippen molar-refractivity contribution in [1.29, 1.82) is 0 Å². The molecule has 0 aromatic carbocycles. The van der Waals surface area contributed by atoms with Crippen LogP contribution >= 0.6 is 11.3 Å². The Bertz CT molecular complexity index is 660. The number of amides is 1. The molecule has 0 saturated heterocycles. The maximum absolute atomic E-state index is 12.2. The normalized spacial score (nSPS) is 14.0. The summed E-state index contributed by atoms with van der Waals surface area (Å²) in [5.41, 5.74) is 3.67. The fourth-order valence-electron chi connectivity index (χ4n) is 2.59. The summed E-state index contributed by atoms with van der Waals surface area (Å²) in [6.07, 6.45) is 1.71. The van der Waals surface area contributed by atoms with Gasteiger partial charge in [0, 0.05) is 48.6 Å². The number of hydrogen-bond acceptors (Lipinski definition) is 5. The molecule has 0 atom stereocenters. The third kappa shape index (κ3) is 2.98. The van der Waals surface area contributed by atoms with Crippen molar-refractivity contribution >= 4 is 17.2 Å². The number of H-pyrrole nitrogens is 1. The van der Waals surface area contributed by atoms with Crippen molar-refractivity contribution in [1.82, 2.24) is 25.8 Å². The van der Waals surface area contributed by atoms with Gasteiger partial charge in [0.15, 0.2) is 5.69 Å². The van der Waals surface area contributed by atoms with Crippen LogP contribution < -0.4 is 10.6 Å². The van der Waals surface area contributed by atoms with Crippen LogP contribution in [0.3, 0.4) is 0 Å².